The molecule has 1 aliphatic rings. The maximum absolute atomic E-state index is 10.8. The van der Waals surface area contributed by atoms with Gasteiger partial charge in [-0.05, 0) is 35.9 Å². The highest BCUT2D eigenvalue weighted by Gasteiger charge is 2.17. The molecule has 0 aliphatic carbocycles. The zero-order chi connectivity index (χ0) is 9.26. The minimum absolute atomic E-state index is 0.504. The molecule has 0 amide bonds. The van der Waals surface area contributed by atoms with E-state index in [4.69, 9.17) is 5.11 Å². The molecule has 0 fully saturated rings. The van der Waals surface area contributed by atoms with Gasteiger partial charge in [-0.3, -0.25) is 0 Å². The molecule has 13 heavy (non-hydrogen) atoms. The maximum atomic E-state index is 10.8. The molecular formula is C9H11NO2S. The molecule has 2 rings (SSSR count). The fourth-order valence-electron chi connectivity index (χ4n) is 1.62. The molecule has 0 saturated heterocycles. The summed E-state index contributed by atoms with van der Waals surface area (Å²) >= 11 is 1.34. The molecule has 2 heterocycles. The van der Waals surface area contributed by atoms with Gasteiger partial charge in [-0.15, -0.1) is 11.3 Å². The highest BCUT2D eigenvalue weighted by molar-refractivity contribution is 7.12. The Hall–Kier alpha value is -0.870. The summed E-state index contributed by atoms with van der Waals surface area (Å²) in [6.45, 7) is 1.69. The van der Waals surface area contributed by atoms with Crippen molar-refractivity contribution in [3.8, 4) is 0 Å². The van der Waals surface area contributed by atoms with Gasteiger partial charge >= 0.3 is 5.97 Å². The van der Waals surface area contributed by atoms with Crippen LogP contribution in [0.15, 0.2) is 5.38 Å². The highest BCUT2D eigenvalue weighted by Crippen LogP contribution is 2.25. The molecule has 70 valence electrons. The Morgan fingerprint density at radius 2 is 2.46 bits per heavy atom. The van der Waals surface area contributed by atoms with E-state index in [0.29, 0.717) is 11.4 Å². The Morgan fingerprint density at radius 3 is 3.23 bits per heavy atom. The lowest BCUT2D eigenvalue weighted by Gasteiger charge is -1.99. The van der Waals surface area contributed by atoms with Crippen molar-refractivity contribution in [3.05, 3.63) is 21.4 Å². The third-order valence-electron chi connectivity index (χ3n) is 2.28. The van der Waals surface area contributed by atoms with E-state index < -0.39 is 5.97 Å². The molecule has 0 bridgehead atoms. The number of aryl methyl sites for hydroxylation is 1. The third-order valence-corrected chi connectivity index (χ3v) is 3.34. The van der Waals surface area contributed by atoms with Crippen molar-refractivity contribution in [2.24, 2.45) is 0 Å². The fraction of sp³-hybridized carbons (Fsp3) is 0.444. The van der Waals surface area contributed by atoms with Gasteiger partial charge in [0.1, 0.15) is 4.88 Å². The Bertz CT molecular complexity index is 332. The van der Waals surface area contributed by atoms with E-state index in [1.807, 2.05) is 5.38 Å². The van der Waals surface area contributed by atoms with Crippen molar-refractivity contribution in [1.29, 1.82) is 0 Å². The molecule has 3 nitrogen and oxygen atoms in total. The average Bonchev–Trinajstić information content (AvgIpc) is 2.36. The zero-order valence-corrected chi connectivity index (χ0v) is 7.99. The minimum Gasteiger partial charge on any atom is -0.477 e. The number of carboxylic acids is 1. The van der Waals surface area contributed by atoms with Crippen LogP contribution >= 0.6 is 11.3 Å². The molecule has 2 N–H and O–H groups in total. The number of aromatic carboxylic acids is 1. The summed E-state index contributed by atoms with van der Waals surface area (Å²) in [6.07, 6.45) is 2.11. The molecule has 0 radical (unpaired) electrons. The van der Waals surface area contributed by atoms with Crippen LogP contribution in [0.2, 0.25) is 0 Å². The number of nitrogens with one attached hydrogen (secondary N) is 1. The second-order valence-corrected chi connectivity index (χ2v) is 4.03. The van der Waals surface area contributed by atoms with Crippen LogP contribution < -0.4 is 5.32 Å². The topological polar surface area (TPSA) is 49.3 Å². The number of carbonyl (C=O) groups is 1. The minimum atomic E-state index is -0.796. The van der Waals surface area contributed by atoms with Crippen LogP contribution in [0.25, 0.3) is 0 Å². The van der Waals surface area contributed by atoms with E-state index in [-0.39, 0.29) is 0 Å². The number of hydrogen-bond donors (Lipinski definition) is 2. The Morgan fingerprint density at radius 1 is 1.62 bits per heavy atom. The van der Waals surface area contributed by atoms with Gasteiger partial charge in [-0.25, -0.2) is 4.79 Å². The summed E-state index contributed by atoms with van der Waals surface area (Å²) < 4.78 is 0. The van der Waals surface area contributed by atoms with Crippen LogP contribution in [0.1, 0.15) is 27.2 Å². The van der Waals surface area contributed by atoms with Gasteiger partial charge in [0.2, 0.25) is 0 Å². The first-order valence-electron chi connectivity index (χ1n) is 4.32. The van der Waals surface area contributed by atoms with Crippen LogP contribution in [-0.4, -0.2) is 17.6 Å². The van der Waals surface area contributed by atoms with Gasteiger partial charge in [0, 0.05) is 6.54 Å². The van der Waals surface area contributed by atoms with Crippen molar-refractivity contribution < 1.29 is 9.90 Å². The van der Waals surface area contributed by atoms with Crippen molar-refractivity contribution in [2.75, 3.05) is 6.54 Å². The van der Waals surface area contributed by atoms with Crippen molar-refractivity contribution in [1.82, 2.24) is 5.32 Å². The highest BCUT2D eigenvalue weighted by atomic mass is 32.1. The predicted molar refractivity (Wildman–Crippen MR) is 51.3 cm³/mol. The number of rotatable bonds is 1. The molecule has 0 unspecified atom stereocenters. The third kappa shape index (κ3) is 1.59. The maximum Gasteiger partial charge on any atom is 0.346 e. The van der Waals surface area contributed by atoms with E-state index in [1.54, 1.807) is 0 Å². The Labute approximate surface area is 80.4 Å². The zero-order valence-electron chi connectivity index (χ0n) is 7.17. The van der Waals surface area contributed by atoms with Gasteiger partial charge in [-0.2, -0.15) is 0 Å². The Kier molecular flexibility index (Phi) is 2.33. The van der Waals surface area contributed by atoms with E-state index in [9.17, 15) is 4.79 Å². The van der Waals surface area contributed by atoms with E-state index >= 15 is 0 Å². The van der Waals surface area contributed by atoms with E-state index in [2.05, 4.69) is 5.32 Å². The number of carboxylic acid groups (broad SMARTS) is 1. The monoisotopic (exact) mass is 197 g/mol. The fourth-order valence-corrected chi connectivity index (χ4v) is 2.59. The SMILES string of the molecule is O=C(O)c1scc2c1CNCCC2. The van der Waals surface area contributed by atoms with Gasteiger partial charge in [0.15, 0.2) is 0 Å². The summed E-state index contributed by atoms with van der Waals surface area (Å²) in [6, 6.07) is 0. The van der Waals surface area contributed by atoms with Crippen LogP contribution in [-0.2, 0) is 13.0 Å². The van der Waals surface area contributed by atoms with Crippen LogP contribution in [0.4, 0.5) is 0 Å². The normalized spacial score (nSPS) is 16.3. The summed E-state index contributed by atoms with van der Waals surface area (Å²) in [5.74, 6) is -0.796. The lowest BCUT2D eigenvalue weighted by Crippen LogP contribution is -2.13. The summed E-state index contributed by atoms with van der Waals surface area (Å²) in [5, 5.41) is 14.1. The number of fused-ring (bicyclic) bond motifs is 1. The van der Waals surface area contributed by atoms with Crippen LogP contribution in [0.3, 0.4) is 0 Å². The second-order valence-electron chi connectivity index (χ2n) is 3.15. The van der Waals surface area contributed by atoms with E-state index in [1.165, 1.54) is 16.9 Å². The first-order chi connectivity index (χ1) is 6.29. The lowest BCUT2D eigenvalue weighted by molar-refractivity contribution is 0.0701. The number of thiophene rings is 1. The summed E-state index contributed by atoms with van der Waals surface area (Å²) in [5.41, 5.74) is 2.21. The second kappa shape index (κ2) is 3.47. The number of hydrogen-bond acceptors (Lipinski definition) is 3. The van der Waals surface area contributed by atoms with Gasteiger partial charge in [0.25, 0.3) is 0 Å². The van der Waals surface area contributed by atoms with Crippen molar-refractivity contribution in [2.45, 2.75) is 19.4 Å². The molecular weight excluding hydrogens is 186 g/mol. The molecule has 0 atom stereocenters. The lowest BCUT2D eigenvalue weighted by atomic mass is 10.1. The van der Waals surface area contributed by atoms with Gasteiger partial charge < -0.3 is 10.4 Å². The predicted octanol–water partition coefficient (Wildman–Crippen LogP) is 1.48. The quantitative estimate of drug-likeness (QED) is 0.717. The van der Waals surface area contributed by atoms with Gasteiger partial charge in [-0.1, -0.05) is 0 Å². The van der Waals surface area contributed by atoms with Crippen molar-refractivity contribution >= 4 is 17.3 Å². The molecule has 1 aromatic rings. The summed E-state index contributed by atoms with van der Waals surface area (Å²) in [4.78, 5) is 11.3. The summed E-state index contributed by atoms with van der Waals surface area (Å²) in [7, 11) is 0. The Balaban J connectivity index is 2.39. The van der Waals surface area contributed by atoms with Crippen molar-refractivity contribution in [3.63, 3.8) is 0 Å². The average molecular weight is 197 g/mol. The molecule has 0 saturated carbocycles. The molecule has 1 aliphatic heterocycles. The molecule has 4 heteroatoms. The first kappa shape index (κ1) is 8.72. The molecule has 1 aromatic heterocycles. The molecule has 0 aromatic carbocycles. The standard InChI is InChI=1S/C9H11NO2S/c11-9(12)8-7-4-10-3-1-2-6(7)5-13-8/h5,10H,1-4H2,(H,11,12). The van der Waals surface area contributed by atoms with Crippen LogP contribution in [0.5, 0.6) is 0 Å². The smallest absolute Gasteiger partial charge is 0.346 e. The van der Waals surface area contributed by atoms with Gasteiger partial charge in [0.05, 0.1) is 0 Å². The van der Waals surface area contributed by atoms with E-state index in [0.717, 1.165) is 24.9 Å². The largest absolute Gasteiger partial charge is 0.477 e. The first-order valence-corrected chi connectivity index (χ1v) is 5.20. The molecule has 0 spiro atoms. The van der Waals surface area contributed by atoms with Crippen LogP contribution in [0, 0.1) is 0 Å².